The van der Waals surface area contributed by atoms with Crippen LogP contribution in [0.2, 0.25) is 0 Å². The molecule has 0 amide bonds. The highest BCUT2D eigenvalue weighted by atomic mass is 16.3. The molecular weight excluding hydrogens is 288 g/mol. The van der Waals surface area contributed by atoms with E-state index in [2.05, 4.69) is 27.2 Å². The lowest BCUT2D eigenvalue weighted by Crippen LogP contribution is -2.36. The lowest BCUT2D eigenvalue weighted by molar-refractivity contribution is 0.0306. The molecule has 1 saturated carbocycles. The number of aryl methyl sites for hydroxylation is 1. The molecule has 4 atom stereocenters. The van der Waals surface area contributed by atoms with Crippen molar-refractivity contribution in [2.24, 2.45) is 11.8 Å². The molecule has 23 heavy (non-hydrogen) atoms. The maximum absolute atomic E-state index is 10.6. The second-order valence-corrected chi connectivity index (χ2v) is 7.14. The van der Waals surface area contributed by atoms with Gasteiger partial charge < -0.3 is 5.11 Å². The smallest absolute Gasteiger partial charge is 0.0781 e. The first-order chi connectivity index (χ1) is 11.2. The third-order valence-electron chi connectivity index (χ3n) is 5.37. The zero-order valence-corrected chi connectivity index (χ0v) is 13.5. The number of rotatable bonds is 3. The minimum Gasteiger partial charge on any atom is -0.391 e. The van der Waals surface area contributed by atoms with E-state index in [1.54, 1.807) is 0 Å². The zero-order chi connectivity index (χ0) is 15.8. The molecule has 0 aromatic carbocycles. The number of hydrogen-bond acceptors (Lipinski definition) is 4. The van der Waals surface area contributed by atoms with Crippen molar-refractivity contribution in [2.45, 2.75) is 38.5 Å². The van der Waals surface area contributed by atoms with Gasteiger partial charge in [-0.1, -0.05) is 6.07 Å². The van der Waals surface area contributed by atoms with Crippen molar-refractivity contribution in [3.63, 3.8) is 0 Å². The first-order valence-corrected chi connectivity index (χ1v) is 8.50. The molecule has 5 nitrogen and oxygen atoms in total. The van der Waals surface area contributed by atoms with Crippen LogP contribution in [0.1, 0.15) is 30.1 Å². The number of nitrogens with zero attached hydrogens (tertiary/aromatic N) is 4. The van der Waals surface area contributed by atoms with Crippen molar-refractivity contribution in [3.8, 4) is 0 Å². The number of aliphatic hydroxyl groups excluding tert-OH is 1. The fourth-order valence-corrected chi connectivity index (χ4v) is 4.25. The van der Waals surface area contributed by atoms with Crippen molar-refractivity contribution in [2.75, 3.05) is 13.1 Å². The summed E-state index contributed by atoms with van der Waals surface area (Å²) in [6.45, 7) is 5.13. The topological polar surface area (TPSA) is 54.2 Å². The highest BCUT2D eigenvalue weighted by Crippen LogP contribution is 2.41. The number of aliphatic hydroxyl groups is 1. The third kappa shape index (κ3) is 3.03. The van der Waals surface area contributed by atoms with Crippen LogP contribution >= 0.6 is 0 Å². The Labute approximate surface area is 137 Å². The largest absolute Gasteiger partial charge is 0.391 e. The van der Waals surface area contributed by atoms with Gasteiger partial charge in [-0.25, -0.2) is 0 Å². The average Bonchev–Trinajstić information content (AvgIpc) is 3.13. The highest BCUT2D eigenvalue weighted by molar-refractivity contribution is 5.06. The zero-order valence-electron chi connectivity index (χ0n) is 13.5. The molecule has 4 rings (SSSR count). The van der Waals surface area contributed by atoms with Gasteiger partial charge in [0.05, 0.1) is 24.0 Å². The van der Waals surface area contributed by atoms with Gasteiger partial charge in [0.25, 0.3) is 0 Å². The highest BCUT2D eigenvalue weighted by Gasteiger charge is 2.42. The Balaban J connectivity index is 1.43. The predicted octanol–water partition coefficient (Wildman–Crippen LogP) is 2.03. The minimum atomic E-state index is -0.287. The molecule has 2 aromatic heterocycles. The van der Waals surface area contributed by atoms with Crippen molar-refractivity contribution in [1.82, 2.24) is 19.7 Å². The monoisotopic (exact) mass is 312 g/mol. The summed E-state index contributed by atoms with van der Waals surface area (Å²) < 4.78 is 1.97. The molecule has 2 fully saturated rings. The average molecular weight is 312 g/mol. The van der Waals surface area contributed by atoms with Gasteiger partial charge in [-0.2, -0.15) is 5.10 Å². The second kappa shape index (κ2) is 6.06. The first-order valence-electron chi connectivity index (χ1n) is 8.50. The SMILES string of the molecule is Cc1cnn([C@H]2C[C@H]3CN(Cc4ccccn4)C[C@H]3C[C@@H]2O)c1. The number of pyridine rings is 1. The standard InChI is InChI=1S/C18H24N4O/c1-13-8-20-22(9-13)17-6-14-10-21(11-15(14)7-18(17)23)12-16-4-2-3-5-19-16/h2-5,8-9,14-15,17-18,23H,6-7,10-12H2,1H3/t14-,15+,17-,18-/m0/s1. The number of fused-ring (bicyclic) bond motifs is 1. The Morgan fingerprint density at radius 3 is 2.74 bits per heavy atom. The van der Waals surface area contributed by atoms with Gasteiger partial charge in [0, 0.05) is 32.0 Å². The summed E-state index contributed by atoms with van der Waals surface area (Å²) in [5.74, 6) is 1.25. The van der Waals surface area contributed by atoms with Gasteiger partial charge in [0.15, 0.2) is 0 Å². The molecule has 0 spiro atoms. The van der Waals surface area contributed by atoms with Crippen molar-refractivity contribution < 1.29 is 5.11 Å². The summed E-state index contributed by atoms with van der Waals surface area (Å²) >= 11 is 0. The van der Waals surface area contributed by atoms with Crippen molar-refractivity contribution in [3.05, 3.63) is 48.0 Å². The van der Waals surface area contributed by atoms with Gasteiger partial charge in [-0.05, 0) is 49.3 Å². The number of likely N-dealkylation sites (tertiary alicyclic amines) is 1. The molecule has 2 aliphatic rings. The predicted molar refractivity (Wildman–Crippen MR) is 87.7 cm³/mol. The molecule has 1 aliphatic heterocycles. The van der Waals surface area contributed by atoms with Crippen LogP contribution in [0, 0.1) is 18.8 Å². The second-order valence-electron chi connectivity index (χ2n) is 7.14. The molecule has 0 bridgehead atoms. The van der Waals surface area contributed by atoms with Crippen LogP contribution in [0.4, 0.5) is 0 Å². The summed E-state index contributed by atoms with van der Waals surface area (Å²) in [6.07, 6.45) is 7.40. The number of aromatic nitrogens is 3. The summed E-state index contributed by atoms with van der Waals surface area (Å²) in [5, 5.41) is 15.0. The van der Waals surface area contributed by atoms with Crippen LogP contribution in [-0.2, 0) is 6.54 Å². The van der Waals surface area contributed by atoms with E-state index in [0.717, 1.165) is 43.7 Å². The van der Waals surface area contributed by atoms with Gasteiger partial charge in [-0.3, -0.25) is 14.6 Å². The molecule has 2 aromatic rings. The summed E-state index contributed by atoms with van der Waals surface area (Å²) in [7, 11) is 0. The van der Waals surface area contributed by atoms with E-state index in [-0.39, 0.29) is 12.1 Å². The molecule has 1 aliphatic carbocycles. The molecule has 1 N–H and O–H groups in total. The fourth-order valence-electron chi connectivity index (χ4n) is 4.25. The third-order valence-corrected chi connectivity index (χ3v) is 5.37. The number of hydrogen-bond donors (Lipinski definition) is 1. The molecule has 0 radical (unpaired) electrons. The Morgan fingerprint density at radius 1 is 1.22 bits per heavy atom. The van der Waals surface area contributed by atoms with Gasteiger partial charge in [0.2, 0.25) is 0 Å². The van der Waals surface area contributed by atoms with Gasteiger partial charge >= 0.3 is 0 Å². The molecule has 1 saturated heterocycles. The van der Waals surface area contributed by atoms with Crippen molar-refractivity contribution in [1.29, 1.82) is 0 Å². The van der Waals surface area contributed by atoms with Crippen LogP contribution in [0.25, 0.3) is 0 Å². The van der Waals surface area contributed by atoms with E-state index in [9.17, 15) is 5.11 Å². The van der Waals surface area contributed by atoms with E-state index in [1.165, 1.54) is 0 Å². The molecular formula is C18H24N4O. The molecule has 3 heterocycles. The Hall–Kier alpha value is -1.72. The molecule has 5 heteroatoms. The maximum Gasteiger partial charge on any atom is 0.0781 e. The van der Waals surface area contributed by atoms with Gasteiger partial charge in [0.1, 0.15) is 0 Å². The lowest BCUT2D eigenvalue weighted by Gasteiger charge is -2.35. The van der Waals surface area contributed by atoms with Crippen LogP contribution in [-0.4, -0.2) is 44.0 Å². The van der Waals surface area contributed by atoms with Crippen molar-refractivity contribution >= 4 is 0 Å². The quantitative estimate of drug-likeness (QED) is 0.942. The van der Waals surface area contributed by atoms with E-state index in [0.29, 0.717) is 11.8 Å². The lowest BCUT2D eigenvalue weighted by atomic mass is 9.77. The molecule has 122 valence electrons. The Bertz CT molecular complexity index is 656. The Morgan fingerprint density at radius 2 is 2.04 bits per heavy atom. The Kier molecular flexibility index (Phi) is 3.91. The minimum absolute atomic E-state index is 0.125. The van der Waals surface area contributed by atoms with Crippen LogP contribution in [0.15, 0.2) is 36.8 Å². The fraction of sp³-hybridized carbons (Fsp3) is 0.556. The summed E-state index contributed by atoms with van der Waals surface area (Å²) in [4.78, 5) is 6.92. The maximum atomic E-state index is 10.6. The normalized spacial score (nSPS) is 31.2. The van der Waals surface area contributed by atoms with Crippen LogP contribution in [0.3, 0.4) is 0 Å². The first kappa shape index (κ1) is 14.8. The van der Waals surface area contributed by atoms with Gasteiger partial charge in [-0.15, -0.1) is 0 Å². The summed E-state index contributed by atoms with van der Waals surface area (Å²) in [6, 6.07) is 6.22. The van der Waals surface area contributed by atoms with E-state index < -0.39 is 0 Å². The van der Waals surface area contributed by atoms with E-state index in [4.69, 9.17) is 0 Å². The van der Waals surface area contributed by atoms with E-state index in [1.807, 2.05) is 36.1 Å². The van der Waals surface area contributed by atoms with E-state index >= 15 is 0 Å². The summed E-state index contributed by atoms with van der Waals surface area (Å²) in [5.41, 5.74) is 2.29. The van der Waals surface area contributed by atoms with Crippen LogP contribution < -0.4 is 0 Å². The molecule has 0 unspecified atom stereocenters. The van der Waals surface area contributed by atoms with Crippen LogP contribution in [0.5, 0.6) is 0 Å².